The molecule has 4 heteroatoms. The Kier molecular flexibility index (Phi) is 6.40. The first kappa shape index (κ1) is 14.4. The zero-order chi connectivity index (χ0) is 12.7. The van der Waals surface area contributed by atoms with Gasteiger partial charge in [-0.25, -0.2) is 0 Å². The van der Waals surface area contributed by atoms with Gasteiger partial charge >= 0.3 is 0 Å². The largest absolute Gasteiger partial charge is 0.391 e. The van der Waals surface area contributed by atoms with Gasteiger partial charge in [0, 0.05) is 11.4 Å². The van der Waals surface area contributed by atoms with Gasteiger partial charge in [0.15, 0.2) is 0 Å². The Balaban J connectivity index is 2.40. The maximum atomic E-state index is 11.9. The monoisotopic (exact) mass is 255 g/mol. The number of benzene rings is 1. The zero-order valence-electron chi connectivity index (χ0n) is 10.5. The molecule has 2 atom stereocenters. The Labute approximate surface area is 106 Å². The molecule has 2 unspecified atom stereocenters. The molecule has 0 radical (unpaired) electrons. The molecule has 1 aromatic rings. The van der Waals surface area contributed by atoms with Crippen molar-refractivity contribution in [3.8, 4) is 0 Å². The van der Waals surface area contributed by atoms with Crippen molar-refractivity contribution in [2.24, 2.45) is 0 Å². The van der Waals surface area contributed by atoms with E-state index in [9.17, 15) is 9.32 Å². The van der Waals surface area contributed by atoms with Crippen molar-refractivity contribution in [3.05, 3.63) is 29.8 Å². The molecule has 0 fully saturated rings. The molecule has 0 bridgehead atoms. The molecule has 0 aliphatic rings. The summed E-state index contributed by atoms with van der Waals surface area (Å²) < 4.78 is 11.9. The first-order valence-electron chi connectivity index (χ1n) is 5.97. The van der Waals surface area contributed by atoms with Crippen molar-refractivity contribution in [2.75, 3.05) is 18.8 Å². The van der Waals surface area contributed by atoms with Crippen molar-refractivity contribution in [1.29, 1.82) is 0 Å². The van der Waals surface area contributed by atoms with Gasteiger partial charge in [-0.05, 0) is 32.0 Å². The van der Waals surface area contributed by atoms with Crippen LogP contribution in [0.2, 0.25) is 0 Å². The van der Waals surface area contributed by atoms with Crippen LogP contribution in [0.25, 0.3) is 0 Å². The molecule has 2 N–H and O–H groups in total. The van der Waals surface area contributed by atoms with Gasteiger partial charge in [0.25, 0.3) is 0 Å². The lowest BCUT2D eigenvalue weighted by atomic mass is 10.2. The van der Waals surface area contributed by atoms with E-state index in [-0.39, 0.29) is 0 Å². The van der Waals surface area contributed by atoms with Crippen molar-refractivity contribution in [2.45, 2.75) is 31.3 Å². The Morgan fingerprint density at radius 2 is 2.00 bits per heavy atom. The molecule has 96 valence electrons. The number of aryl methyl sites for hydroxylation is 1. The van der Waals surface area contributed by atoms with E-state index in [0.717, 1.165) is 23.4 Å². The molecule has 1 aromatic carbocycles. The van der Waals surface area contributed by atoms with Crippen LogP contribution in [0.1, 0.15) is 18.9 Å². The van der Waals surface area contributed by atoms with Gasteiger partial charge in [0.2, 0.25) is 0 Å². The number of aliphatic hydroxyl groups excluding tert-OH is 1. The fourth-order valence-corrected chi connectivity index (χ4v) is 2.56. The minimum absolute atomic E-state index is 0.291. The average Bonchev–Trinajstić information content (AvgIpc) is 2.30. The van der Waals surface area contributed by atoms with Crippen LogP contribution in [-0.4, -0.2) is 34.3 Å². The van der Waals surface area contributed by atoms with Gasteiger partial charge in [0.1, 0.15) is 0 Å². The van der Waals surface area contributed by atoms with Crippen LogP contribution in [-0.2, 0) is 10.8 Å². The van der Waals surface area contributed by atoms with E-state index in [0.29, 0.717) is 12.3 Å². The fourth-order valence-electron chi connectivity index (χ4n) is 1.47. The number of hydrogen-bond donors (Lipinski definition) is 2. The summed E-state index contributed by atoms with van der Waals surface area (Å²) >= 11 is 0. The molecule has 0 saturated carbocycles. The minimum Gasteiger partial charge on any atom is -0.391 e. The number of aliphatic hydroxyl groups is 1. The highest BCUT2D eigenvalue weighted by atomic mass is 32.2. The van der Waals surface area contributed by atoms with Gasteiger partial charge in [-0.15, -0.1) is 0 Å². The molecule has 0 amide bonds. The van der Waals surface area contributed by atoms with Crippen molar-refractivity contribution >= 4 is 10.8 Å². The van der Waals surface area contributed by atoms with Gasteiger partial charge in [-0.2, -0.15) is 0 Å². The van der Waals surface area contributed by atoms with Crippen LogP contribution in [0.15, 0.2) is 29.2 Å². The first-order valence-corrected chi connectivity index (χ1v) is 7.29. The predicted octanol–water partition coefficient (Wildman–Crippen LogP) is 1.46. The van der Waals surface area contributed by atoms with Crippen molar-refractivity contribution < 1.29 is 9.32 Å². The van der Waals surface area contributed by atoms with Gasteiger partial charge in [-0.3, -0.25) is 4.21 Å². The lowest BCUT2D eigenvalue weighted by Crippen LogP contribution is -2.31. The standard InChI is InChI=1S/C13H21NO2S/c1-3-8-14-9-12(15)10-17(16)13-6-4-11(2)5-7-13/h4-7,12,14-15H,3,8-10H2,1-2H3. The smallest absolute Gasteiger partial charge is 0.0783 e. The summed E-state index contributed by atoms with van der Waals surface area (Å²) in [5.41, 5.74) is 1.15. The summed E-state index contributed by atoms with van der Waals surface area (Å²) in [5.74, 6) is 0.291. The van der Waals surface area contributed by atoms with Crippen LogP contribution in [0.4, 0.5) is 0 Å². The highest BCUT2D eigenvalue weighted by Crippen LogP contribution is 2.09. The highest BCUT2D eigenvalue weighted by molar-refractivity contribution is 7.85. The van der Waals surface area contributed by atoms with E-state index in [4.69, 9.17) is 0 Å². The number of nitrogens with one attached hydrogen (secondary N) is 1. The Morgan fingerprint density at radius 1 is 1.35 bits per heavy atom. The fraction of sp³-hybridized carbons (Fsp3) is 0.538. The van der Waals surface area contributed by atoms with Crippen LogP contribution in [0, 0.1) is 6.92 Å². The lowest BCUT2D eigenvalue weighted by molar-refractivity contribution is 0.195. The average molecular weight is 255 g/mol. The molecule has 0 heterocycles. The molecule has 0 saturated heterocycles. The molecular formula is C13H21NO2S. The molecule has 0 aliphatic carbocycles. The molecule has 17 heavy (non-hydrogen) atoms. The van der Waals surface area contributed by atoms with Crippen LogP contribution in [0.3, 0.4) is 0 Å². The predicted molar refractivity (Wildman–Crippen MR) is 71.6 cm³/mol. The lowest BCUT2D eigenvalue weighted by Gasteiger charge is -2.11. The maximum absolute atomic E-state index is 11.9. The summed E-state index contributed by atoms with van der Waals surface area (Å²) in [6.07, 6.45) is 0.483. The first-order chi connectivity index (χ1) is 8.13. The van der Waals surface area contributed by atoms with Crippen LogP contribution in [0.5, 0.6) is 0 Å². The minimum atomic E-state index is -1.12. The van der Waals surface area contributed by atoms with E-state index in [2.05, 4.69) is 12.2 Å². The maximum Gasteiger partial charge on any atom is 0.0783 e. The molecule has 0 spiro atoms. The normalized spacial score (nSPS) is 14.5. The van der Waals surface area contributed by atoms with Gasteiger partial charge in [-0.1, -0.05) is 24.6 Å². The number of rotatable bonds is 7. The SMILES string of the molecule is CCCNCC(O)CS(=O)c1ccc(C)cc1. The molecule has 3 nitrogen and oxygen atoms in total. The summed E-state index contributed by atoms with van der Waals surface area (Å²) in [5, 5.41) is 12.8. The quantitative estimate of drug-likeness (QED) is 0.725. The summed E-state index contributed by atoms with van der Waals surface area (Å²) in [7, 11) is -1.12. The molecule has 0 aliphatic heterocycles. The summed E-state index contributed by atoms with van der Waals surface area (Å²) in [4.78, 5) is 0.783. The number of hydrogen-bond acceptors (Lipinski definition) is 3. The van der Waals surface area contributed by atoms with Crippen molar-refractivity contribution in [3.63, 3.8) is 0 Å². The van der Waals surface area contributed by atoms with E-state index in [1.165, 1.54) is 0 Å². The zero-order valence-corrected chi connectivity index (χ0v) is 11.3. The molecule has 1 rings (SSSR count). The highest BCUT2D eigenvalue weighted by Gasteiger charge is 2.10. The van der Waals surface area contributed by atoms with E-state index in [1.807, 2.05) is 31.2 Å². The third-order valence-electron chi connectivity index (χ3n) is 2.43. The molecular weight excluding hydrogens is 234 g/mol. The Morgan fingerprint density at radius 3 is 2.59 bits per heavy atom. The van der Waals surface area contributed by atoms with Gasteiger partial charge in [0.05, 0.1) is 22.7 Å². The van der Waals surface area contributed by atoms with E-state index >= 15 is 0 Å². The second-order valence-corrected chi connectivity index (χ2v) is 5.68. The third-order valence-corrected chi connectivity index (χ3v) is 3.92. The topological polar surface area (TPSA) is 49.3 Å². The molecule has 0 aromatic heterocycles. The summed E-state index contributed by atoms with van der Waals surface area (Å²) in [6, 6.07) is 7.60. The van der Waals surface area contributed by atoms with Crippen molar-refractivity contribution in [1.82, 2.24) is 5.32 Å². The van der Waals surface area contributed by atoms with E-state index < -0.39 is 16.9 Å². The van der Waals surface area contributed by atoms with Crippen LogP contribution < -0.4 is 5.32 Å². The second kappa shape index (κ2) is 7.58. The third kappa shape index (κ3) is 5.44. The van der Waals surface area contributed by atoms with Crippen LogP contribution >= 0.6 is 0 Å². The summed E-state index contributed by atoms with van der Waals surface area (Å²) in [6.45, 7) is 5.46. The van der Waals surface area contributed by atoms with Gasteiger partial charge < -0.3 is 10.4 Å². The second-order valence-electron chi connectivity index (χ2n) is 4.18. The Bertz CT molecular complexity index is 351. The Hall–Kier alpha value is -0.710. The van der Waals surface area contributed by atoms with E-state index in [1.54, 1.807) is 0 Å².